The molecule has 2 aromatic heterocycles. The second kappa shape index (κ2) is 5.80. The number of piperidine rings is 1. The zero-order valence-corrected chi connectivity index (χ0v) is 13.5. The Labute approximate surface area is 136 Å². The van der Waals surface area contributed by atoms with Crippen LogP contribution in [0.3, 0.4) is 0 Å². The molecule has 1 saturated carbocycles. The van der Waals surface area contributed by atoms with Gasteiger partial charge in [0.05, 0.1) is 0 Å². The lowest BCUT2D eigenvalue weighted by molar-refractivity contribution is 0.0705. The molecule has 2 fully saturated rings. The van der Waals surface area contributed by atoms with Gasteiger partial charge >= 0.3 is 0 Å². The summed E-state index contributed by atoms with van der Waals surface area (Å²) >= 11 is 0. The fourth-order valence-electron chi connectivity index (χ4n) is 3.51. The molecule has 2 aliphatic rings. The summed E-state index contributed by atoms with van der Waals surface area (Å²) in [6.07, 6.45) is 6.25. The van der Waals surface area contributed by atoms with E-state index in [0.717, 1.165) is 31.6 Å². The molecule has 120 valence electrons. The summed E-state index contributed by atoms with van der Waals surface area (Å²) in [6.45, 7) is 1.57. The number of hydrogen-bond donors (Lipinski definition) is 0. The highest BCUT2D eigenvalue weighted by molar-refractivity contribution is 5.92. The fraction of sp³-hybridized carbons (Fsp3) is 0.500. The average molecular weight is 310 g/mol. The van der Waals surface area contributed by atoms with Crippen LogP contribution in [0.25, 0.3) is 0 Å². The molecule has 1 aliphatic heterocycles. The monoisotopic (exact) mass is 310 g/mol. The third-order valence-electron chi connectivity index (χ3n) is 5.02. The van der Waals surface area contributed by atoms with Gasteiger partial charge < -0.3 is 4.90 Å². The van der Waals surface area contributed by atoms with E-state index in [1.54, 1.807) is 0 Å². The van der Waals surface area contributed by atoms with Crippen molar-refractivity contribution in [3.63, 3.8) is 0 Å². The summed E-state index contributed by atoms with van der Waals surface area (Å²) in [5.41, 5.74) is 2.95. The van der Waals surface area contributed by atoms with E-state index in [1.807, 2.05) is 41.0 Å². The summed E-state index contributed by atoms with van der Waals surface area (Å²) in [6, 6.07) is 8.06. The van der Waals surface area contributed by atoms with Gasteiger partial charge in [-0.3, -0.25) is 14.5 Å². The maximum atomic E-state index is 12.7. The number of carbonyl (C=O) groups excluding carboxylic acids is 1. The first-order chi connectivity index (χ1) is 11.2. The van der Waals surface area contributed by atoms with E-state index in [0.29, 0.717) is 17.5 Å². The Balaban J connectivity index is 1.42. The highest BCUT2D eigenvalue weighted by Gasteiger charge is 2.30. The van der Waals surface area contributed by atoms with Crippen molar-refractivity contribution >= 4 is 5.91 Å². The summed E-state index contributed by atoms with van der Waals surface area (Å²) in [7, 11) is 1.94. The molecule has 2 aromatic rings. The van der Waals surface area contributed by atoms with E-state index in [2.05, 4.69) is 16.1 Å². The standard InChI is InChI=1S/C18H22N4O/c1-21-17(14-5-6-14)12-16(20-21)18(23)22-10-7-13(8-11-22)15-4-2-3-9-19-15/h2-4,9,12-14H,5-8,10-11H2,1H3. The maximum Gasteiger partial charge on any atom is 0.274 e. The second-order valence-electron chi connectivity index (χ2n) is 6.67. The molecule has 3 heterocycles. The molecule has 0 atom stereocenters. The van der Waals surface area contributed by atoms with Crippen molar-refractivity contribution < 1.29 is 4.79 Å². The van der Waals surface area contributed by atoms with Crippen LogP contribution < -0.4 is 0 Å². The van der Waals surface area contributed by atoms with E-state index < -0.39 is 0 Å². The summed E-state index contributed by atoms with van der Waals surface area (Å²) < 4.78 is 1.88. The smallest absolute Gasteiger partial charge is 0.274 e. The first-order valence-electron chi connectivity index (χ1n) is 8.46. The Bertz CT molecular complexity index is 697. The van der Waals surface area contributed by atoms with Crippen LogP contribution in [0.15, 0.2) is 30.5 Å². The quantitative estimate of drug-likeness (QED) is 0.876. The highest BCUT2D eigenvalue weighted by Crippen LogP contribution is 2.40. The van der Waals surface area contributed by atoms with Crippen LogP contribution in [0.5, 0.6) is 0 Å². The van der Waals surface area contributed by atoms with E-state index in [1.165, 1.54) is 18.5 Å². The topological polar surface area (TPSA) is 51.0 Å². The van der Waals surface area contributed by atoms with E-state index in [4.69, 9.17) is 0 Å². The van der Waals surface area contributed by atoms with Gasteiger partial charge in [-0.15, -0.1) is 0 Å². The minimum absolute atomic E-state index is 0.0759. The number of pyridine rings is 1. The number of aromatic nitrogens is 3. The number of likely N-dealkylation sites (tertiary alicyclic amines) is 1. The Kier molecular flexibility index (Phi) is 3.63. The van der Waals surface area contributed by atoms with Gasteiger partial charge in [0, 0.05) is 49.6 Å². The van der Waals surface area contributed by atoms with Crippen LogP contribution in [0.4, 0.5) is 0 Å². The minimum Gasteiger partial charge on any atom is -0.337 e. The van der Waals surface area contributed by atoms with Gasteiger partial charge in [-0.1, -0.05) is 6.07 Å². The van der Waals surface area contributed by atoms with Crippen molar-refractivity contribution in [2.75, 3.05) is 13.1 Å². The Morgan fingerprint density at radius 2 is 1.91 bits per heavy atom. The fourth-order valence-corrected chi connectivity index (χ4v) is 3.51. The second-order valence-corrected chi connectivity index (χ2v) is 6.67. The van der Waals surface area contributed by atoms with Crippen LogP contribution in [-0.2, 0) is 7.05 Å². The van der Waals surface area contributed by atoms with Crippen LogP contribution >= 0.6 is 0 Å². The van der Waals surface area contributed by atoms with Crippen molar-refractivity contribution in [3.05, 3.63) is 47.5 Å². The number of nitrogens with zero attached hydrogens (tertiary/aromatic N) is 4. The van der Waals surface area contributed by atoms with Gasteiger partial charge in [-0.25, -0.2) is 0 Å². The number of carbonyl (C=O) groups is 1. The van der Waals surface area contributed by atoms with Gasteiger partial charge in [0.15, 0.2) is 5.69 Å². The van der Waals surface area contributed by atoms with Crippen molar-refractivity contribution in [1.29, 1.82) is 0 Å². The molecule has 5 nitrogen and oxygen atoms in total. The maximum absolute atomic E-state index is 12.7. The van der Waals surface area contributed by atoms with Gasteiger partial charge in [0.2, 0.25) is 0 Å². The molecule has 0 N–H and O–H groups in total. The lowest BCUT2D eigenvalue weighted by atomic mass is 9.93. The molecule has 0 radical (unpaired) electrons. The largest absolute Gasteiger partial charge is 0.337 e. The Morgan fingerprint density at radius 1 is 1.13 bits per heavy atom. The summed E-state index contributed by atoms with van der Waals surface area (Å²) in [5, 5.41) is 4.44. The molecule has 0 aromatic carbocycles. The molecular weight excluding hydrogens is 288 g/mol. The minimum atomic E-state index is 0.0759. The van der Waals surface area contributed by atoms with Gasteiger partial charge in [-0.2, -0.15) is 5.10 Å². The van der Waals surface area contributed by atoms with Crippen molar-refractivity contribution in [2.45, 2.75) is 37.5 Å². The molecule has 0 bridgehead atoms. The summed E-state index contributed by atoms with van der Waals surface area (Å²) in [5.74, 6) is 1.15. The lowest BCUT2D eigenvalue weighted by Crippen LogP contribution is -2.38. The van der Waals surface area contributed by atoms with Gasteiger partial charge in [0.1, 0.15) is 0 Å². The van der Waals surface area contributed by atoms with E-state index in [-0.39, 0.29) is 5.91 Å². The average Bonchev–Trinajstić information content (AvgIpc) is 3.37. The predicted molar refractivity (Wildman–Crippen MR) is 87.3 cm³/mol. The number of amides is 1. The molecule has 1 aliphatic carbocycles. The number of rotatable bonds is 3. The van der Waals surface area contributed by atoms with Crippen LogP contribution in [-0.4, -0.2) is 38.7 Å². The SMILES string of the molecule is Cn1nc(C(=O)N2CCC(c3ccccn3)CC2)cc1C1CC1. The predicted octanol–water partition coefficient (Wildman–Crippen LogP) is 2.71. The zero-order chi connectivity index (χ0) is 15.8. The van der Waals surface area contributed by atoms with E-state index >= 15 is 0 Å². The van der Waals surface area contributed by atoms with Crippen LogP contribution in [0.2, 0.25) is 0 Å². The number of aryl methyl sites for hydroxylation is 1. The lowest BCUT2D eigenvalue weighted by Gasteiger charge is -2.31. The van der Waals surface area contributed by atoms with Crippen LogP contribution in [0.1, 0.15) is 59.4 Å². The molecule has 1 amide bonds. The molecule has 1 saturated heterocycles. The Hall–Kier alpha value is -2.17. The normalized spacial score (nSPS) is 19.1. The van der Waals surface area contributed by atoms with Gasteiger partial charge in [0.25, 0.3) is 5.91 Å². The van der Waals surface area contributed by atoms with Crippen molar-refractivity contribution in [2.24, 2.45) is 7.05 Å². The zero-order valence-electron chi connectivity index (χ0n) is 13.5. The molecule has 23 heavy (non-hydrogen) atoms. The molecule has 4 rings (SSSR count). The van der Waals surface area contributed by atoms with E-state index in [9.17, 15) is 4.79 Å². The summed E-state index contributed by atoms with van der Waals surface area (Å²) in [4.78, 5) is 19.1. The first-order valence-corrected chi connectivity index (χ1v) is 8.46. The Morgan fingerprint density at radius 3 is 2.57 bits per heavy atom. The third-order valence-corrected chi connectivity index (χ3v) is 5.02. The third kappa shape index (κ3) is 2.87. The van der Waals surface area contributed by atoms with Gasteiger partial charge in [-0.05, 0) is 43.9 Å². The highest BCUT2D eigenvalue weighted by atomic mass is 16.2. The number of hydrogen-bond acceptors (Lipinski definition) is 3. The van der Waals surface area contributed by atoms with Crippen LogP contribution in [0, 0.1) is 0 Å². The molecule has 0 spiro atoms. The van der Waals surface area contributed by atoms with Crippen molar-refractivity contribution in [1.82, 2.24) is 19.7 Å². The molecule has 0 unspecified atom stereocenters. The van der Waals surface area contributed by atoms with Crippen molar-refractivity contribution in [3.8, 4) is 0 Å². The first kappa shape index (κ1) is 14.4. The molecular formula is C18H22N4O. The molecule has 5 heteroatoms.